The molecule has 1 amide bonds. The number of amides is 1. The van der Waals surface area contributed by atoms with Gasteiger partial charge >= 0.3 is 0 Å². The first-order chi connectivity index (χ1) is 17.2. The first-order valence-electron chi connectivity index (χ1n) is 11.1. The molecule has 2 heterocycles. The average molecular weight is 504 g/mol. The first kappa shape index (κ1) is 23.5. The summed E-state index contributed by atoms with van der Waals surface area (Å²) in [5.41, 5.74) is 3.09. The fourth-order valence-corrected chi connectivity index (χ4v) is 4.83. The van der Waals surface area contributed by atoms with Gasteiger partial charge in [0.05, 0.1) is 18.7 Å². The quantitative estimate of drug-likeness (QED) is 0.314. The van der Waals surface area contributed by atoms with Crippen molar-refractivity contribution in [1.82, 2.24) is 0 Å². The second kappa shape index (κ2) is 8.77. The number of fused-ring (bicyclic) bond motifs is 1. The molecule has 0 saturated carbocycles. The van der Waals surface area contributed by atoms with Gasteiger partial charge in [0, 0.05) is 22.2 Å². The van der Waals surface area contributed by atoms with Crippen molar-refractivity contribution in [3.05, 3.63) is 99.5 Å². The number of carbonyl (C=O) groups excluding carboxylic acids is 2. The summed E-state index contributed by atoms with van der Waals surface area (Å²) in [6.45, 7) is 3.79. The molecule has 0 fully saturated rings. The summed E-state index contributed by atoms with van der Waals surface area (Å²) in [5, 5.41) is 21.8. The summed E-state index contributed by atoms with van der Waals surface area (Å²) in [7, 11) is 1.46. The average Bonchev–Trinajstić information content (AvgIpc) is 3.38. The Labute approximate surface area is 211 Å². The molecule has 0 bridgehead atoms. The third-order valence-corrected chi connectivity index (χ3v) is 6.48. The number of hydrogen-bond acceptors (Lipinski definition) is 6. The number of aliphatic hydroxyl groups excluding tert-OH is 1. The molecule has 0 spiro atoms. The Bertz CT molecular complexity index is 1570. The van der Waals surface area contributed by atoms with Gasteiger partial charge in [-0.15, -0.1) is 0 Å². The van der Waals surface area contributed by atoms with Crippen LogP contribution < -0.4 is 9.64 Å². The van der Waals surface area contributed by atoms with Crippen LogP contribution in [0.1, 0.15) is 33.3 Å². The first-order valence-corrected chi connectivity index (χ1v) is 11.5. The Balaban J connectivity index is 1.68. The largest absolute Gasteiger partial charge is 0.508 e. The SMILES string of the molecule is COc1cc(Cl)cc2cc(C(=O)C3=C(O)C(=O)N(c4ccc(C)cc4C)C3c3ccc(O)cc3)oc12. The van der Waals surface area contributed by atoms with Crippen molar-refractivity contribution >= 4 is 39.9 Å². The number of methoxy groups -OCH3 is 1. The third-order valence-electron chi connectivity index (χ3n) is 6.26. The minimum atomic E-state index is -0.953. The number of aliphatic hydroxyl groups is 1. The Morgan fingerprint density at radius 2 is 1.75 bits per heavy atom. The fourth-order valence-electron chi connectivity index (χ4n) is 4.62. The third kappa shape index (κ3) is 3.78. The Kier molecular flexibility index (Phi) is 5.73. The molecule has 0 aliphatic carbocycles. The van der Waals surface area contributed by atoms with Crippen molar-refractivity contribution in [1.29, 1.82) is 0 Å². The number of anilines is 1. The maximum absolute atomic E-state index is 13.8. The number of halogens is 1. The zero-order valence-corrected chi connectivity index (χ0v) is 20.5. The number of Topliss-reactive ketones (excluding diaryl/α,β-unsaturated/α-hetero) is 1. The highest BCUT2D eigenvalue weighted by atomic mass is 35.5. The molecular weight excluding hydrogens is 482 g/mol. The molecule has 0 radical (unpaired) electrons. The summed E-state index contributed by atoms with van der Waals surface area (Å²) in [4.78, 5) is 28.6. The van der Waals surface area contributed by atoms with Crippen molar-refractivity contribution in [2.75, 3.05) is 12.0 Å². The molecule has 5 rings (SSSR count). The van der Waals surface area contributed by atoms with Crippen LogP contribution in [0.25, 0.3) is 11.0 Å². The topological polar surface area (TPSA) is 100 Å². The number of rotatable bonds is 5. The van der Waals surface area contributed by atoms with Gasteiger partial charge in [0.15, 0.2) is 22.9 Å². The van der Waals surface area contributed by atoms with Gasteiger partial charge in [0.2, 0.25) is 5.78 Å². The van der Waals surface area contributed by atoms with Crippen molar-refractivity contribution < 1.29 is 29.0 Å². The summed E-state index contributed by atoms with van der Waals surface area (Å²) >= 11 is 6.16. The molecule has 1 aromatic heterocycles. The Morgan fingerprint density at radius 3 is 2.42 bits per heavy atom. The lowest BCUT2D eigenvalue weighted by atomic mass is 9.94. The van der Waals surface area contributed by atoms with Crippen molar-refractivity contribution in [3.8, 4) is 11.5 Å². The summed E-state index contributed by atoms with van der Waals surface area (Å²) in [6.07, 6.45) is 0. The highest BCUT2D eigenvalue weighted by molar-refractivity contribution is 6.31. The van der Waals surface area contributed by atoms with E-state index in [9.17, 15) is 19.8 Å². The lowest BCUT2D eigenvalue weighted by molar-refractivity contribution is -0.117. The van der Waals surface area contributed by atoms with E-state index in [4.69, 9.17) is 20.8 Å². The van der Waals surface area contributed by atoms with E-state index in [-0.39, 0.29) is 17.1 Å². The number of hydrogen-bond donors (Lipinski definition) is 2. The number of phenols is 1. The zero-order chi connectivity index (χ0) is 25.7. The standard InChI is InChI=1S/C28H22ClNO6/c1-14-4-9-20(15(2)10-14)30-24(16-5-7-19(31)8-6-16)23(26(33)28(30)34)25(32)21-12-17-11-18(29)13-22(35-3)27(17)36-21/h4-13,24,31,33H,1-3H3. The minimum Gasteiger partial charge on any atom is -0.508 e. The monoisotopic (exact) mass is 503 g/mol. The molecule has 3 aromatic carbocycles. The molecule has 8 heteroatoms. The number of aryl methyl sites for hydroxylation is 2. The van der Waals surface area contributed by atoms with Gasteiger partial charge in [-0.25, -0.2) is 0 Å². The number of furan rings is 1. The van der Waals surface area contributed by atoms with Crippen LogP contribution in [0.3, 0.4) is 0 Å². The second-order valence-corrected chi connectivity index (χ2v) is 9.12. The Hall–Kier alpha value is -4.23. The number of aromatic hydroxyl groups is 1. The minimum absolute atomic E-state index is 0.0310. The van der Waals surface area contributed by atoms with Crippen LogP contribution >= 0.6 is 11.6 Å². The van der Waals surface area contributed by atoms with E-state index in [0.29, 0.717) is 33.0 Å². The molecule has 0 saturated heterocycles. The van der Waals surface area contributed by atoms with Crippen LogP contribution in [-0.2, 0) is 4.79 Å². The predicted octanol–water partition coefficient (Wildman–Crippen LogP) is 6.20. The van der Waals surface area contributed by atoms with Crippen molar-refractivity contribution in [2.45, 2.75) is 19.9 Å². The van der Waals surface area contributed by atoms with Crippen LogP contribution in [0.2, 0.25) is 5.02 Å². The number of ketones is 1. The molecule has 36 heavy (non-hydrogen) atoms. The molecule has 1 aliphatic heterocycles. The smallest absolute Gasteiger partial charge is 0.294 e. The van der Waals surface area contributed by atoms with E-state index in [0.717, 1.165) is 11.1 Å². The van der Waals surface area contributed by atoms with E-state index >= 15 is 0 Å². The van der Waals surface area contributed by atoms with Crippen LogP contribution in [0, 0.1) is 13.8 Å². The Morgan fingerprint density at radius 1 is 1.03 bits per heavy atom. The normalized spacial score (nSPS) is 15.7. The molecule has 4 aromatic rings. The van der Waals surface area contributed by atoms with E-state index in [1.54, 1.807) is 30.3 Å². The van der Waals surface area contributed by atoms with Crippen LogP contribution in [-0.4, -0.2) is 29.0 Å². The summed E-state index contributed by atoms with van der Waals surface area (Å²) < 4.78 is 11.2. The molecular formula is C28H22ClNO6. The van der Waals surface area contributed by atoms with Crippen LogP contribution in [0.4, 0.5) is 5.69 Å². The van der Waals surface area contributed by atoms with Gasteiger partial charge < -0.3 is 19.4 Å². The second-order valence-electron chi connectivity index (χ2n) is 8.69. The van der Waals surface area contributed by atoms with Crippen LogP contribution in [0.15, 0.2) is 76.4 Å². The van der Waals surface area contributed by atoms with Gasteiger partial charge in [-0.05, 0) is 55.3 Å². The molecule has 1 aliphatic rings. The number of nitrogens with zero attached hydrogens (tertiary/aromatic N) is 1. The predicted molar refractivity (Wildman–Crippen MR) is 136 cm³/mol. The molecule has 1 atom stereocenters. The van der Waals surface area contributed by atoms with E-state index < -0.39 is 23.5 Å². The van der Waals surface area contributed by atoms with Crippen LogP contribution in [0.5, 0.6) is 11.5 Å². The van der Waals surface area contributed by atoms with Gasteiger partial charge in [-0.2, -0.15) is 0 Å². The van der Waals surface area contributed by atoms with E-state index in [2.05, 4.69) is 0 Å². The number of phenolic OH excluding ortho intramolecular Hbond substituents is 1. The fraction of sp³-hybridized carbons (Fsp3) is 0.143. The van der Waals surface area contributed by atoms with E-state index in [1.807, 2.05) is 26.0 Å². The lowest BCUT2D eigenvalue weighted by Crippen LogP contribution is -2.31. The molecule has 182 valence electrons. The number of benzene rings is 3. The number of carbonyl (C=O) groups is 2. The van der Waals surface area contributed by atoms with Gasteiger partial charge in [-0.1, -0.05) is 41.4 Å². The maximum Gasteiger partial charge on any atom is 0.294 e. The molecule has 7 nitrogen and oxygen atoms in total. The molecule has 2 N–H and O–H groups in total. The van der Waals surface area contributed by atoms with Crippen molar-refractivity contribution in [2.24, 2.45) is 0 Å². The zero-order valence-electron chi connectivity index (χ0n) is 19.7. The summed E-state index contributed by atoms with van der Waals surface area (Å²) in [6, 6.07) is 15.5. The number of ether oxygens (including phenoxy) is 1. The maximum atomic E-state index is 13.8. The summed E-state index contributed by atoms with van der Waals surface area (Å²) in [5.74, 6) is -1.72. The van der Waals surface area contributed by atoms with Gasteiger partial charge in [-0.3, -0.25) is 14.5 Å². The van der Waals surface area contributed by atoms with Crippen molar-refractivity contribution in [3.63, 3.8) is 0 Å². The highest BCUT2D eigenvalue weighted by Gasteiger charge is 2.45. The lowest BCUT2D eigenvalue weighted by Gasteiger charge is -2.28. The highest BCUT2D eigenvalue weighted by Crippen LogP contribution is 2.44. The molecule has 1 unspecified atom stereocenters. The van der Waals surface area contributed by atoms with Gasteiger partial charge in [0.1, 0.15) is 5.75 Å². The van der Waals surface area contributed by atoms with Gasteiger partial charge in [0.25, 0.3) is 5.91 Å². The van der Waals surface area contributed by atoms with E-state index in [1.165, 1.54) is 30.2 Å².